The largest absolute Gasteiger partial charge is 0.508 e. The van der Waals surface area contributed by atoms with Gasteiger partial charge in [-0.25, -0.2) is 0 Å². The van der Waals surface area contributed by atoms with Gasteiger partial charge in [0.2, 0.25) is 0 Å². The van der Waals surface area contributed by atoms with Crippen LogP contribution >= 0.6 is 11.6 Å². The van der Waals surface area contributed by atoms with Gasteiger partial charge in [0.1, 0.15) is 5.75 Å². The number of hydrogen-bond acceptors (Lipinski definition) is 3. The lowest BCUT2D eigenvalue weighted by molar-refractivity contribution is 0.0277. The first-order chi connectivity index (χ1) is 8.11. The van der Waals surface area contributed by atoms with E-state index in [0.29, 0.717) is 18.2 Å². The summed E-state index contributed by atoms with van der Waals surface area (Å²) in [7, 11) is 0. The van der Waals surface area contributed by atoms with Crippen LogP contribution in [0.3, 0.4) is 0 Å². The van der Waals surface area contributed by atoms with Crippen molar-refractivity contribution in [3.8, 4) is 5.75 Å². The van der Waals surface area contributed by atoms with Crippen molar-refractivity contribution in [3.63, 3.8) is 0 Å². The van der Waals surface area contributed by atoms with Crippen molar-refractivity contribution < 1.29 is 9.84 Å². The predicted molar refractivity (Wildman–Crippen MR) is 68.4 cm³/mol. The minimum atomic E-state index is -0.0239. The van der Waals surface area contributed by atoms with Crippen molar-refractivity contribution in [1.29, 1.82) is 0 Å². The van der Waals surface area contributed by atoms with Gasteiger partial charge in [0.05, 0.1) is 6.61 Å². The molecule has 3 nitrogen and oxygen atoms in total. The number of benzene rings is 1. The van der Waals surface area contributed by atoms with Crippen LogP contribution in [-0.2, 0) is 11.3 Å². The lowest BCUT2D eigenvalue weighted by Gasteiger charge is -2.34. The molecule has 0 radical (unpaired) electrons. The van der Waals surface area contributed by atoms with E-state index in [2.05, 4.69) is 12.2 Å². The van der Waals surface area contributed by atoms with Gasteiger partial charge in [-0.1, -0.05) is 17.7 Å². The lowest BCUT2D eigenvalue weighted by atomic mass is 9.94. The number of hydrogen-bond donors (Lipinski definition) is 2. The first kappa shape index (κ1) is 12.7. The zero-order valence-electron chi connectivity index (χ0n) is 10.0. The summed E-state index contributed by atoms with van der Waals surface area (Å²) >= 11 is 6.06. The average molecular weight is 256 g/mol. The maximum atomic E-state index is 9.75. The van der Waals surface area contributed by atoms with Crippen molar-refractivity contribution in [2.45, 2.75) is 31.8 Å². The molecule has 1 aromatic carbocycles. The molecule has 4 heteroatoms. The summed E-state index contributed by atoms with van der Waals surface area (Å²) in [5, 5.41) is 13.8. The maximum absolute atomic E-state index is 9.75. The standard InChI is InChI=1S/C13H18ClNO2/c1-13(6-3-7-17-9-13)15-8-10-11(14)4-2-5-12(10)16/h2,4-5,15-16H,3,6-9H2,1H3. The monoisotopic (exact) mass is 255 g/mol. The molecule has 0 saturated carbocycles. The van der Waals surface area contributed by atoms with Crippen molar-refractivity contribution in [3.05, 3.63) is 28.8 Å². The minimum absolute atomic E-state index is 0.0239. The van der Waals surface area contributed by atoms with E-state index < -0.39 is 0 Å². The van der Waals surface area contributed by atoms with Crippen LogP contribution in [0, 0.1) is 0 Å². The molecule has 2 N–H and O–H groups in total. The Labute approximate surface area is 107 Å². The third-order valence-corrected chi connectivity index (χ3v) is 3.58. The zero-order valence-corrected chi connectivity index (χ0v) is 10.8. The summed E-state index contributed by atoms with van der Waals surface area (Å²) in [6, 6.07) is 5.19. The maximum Gasteiger partial charge on any atom is 0.121 e. The minimum Gasteiger partial charge on any atom is -0.508 e. The molecule has 0 spiro atoms. The van der Waals surface area contributed by atoms with E-state index >= 15 is 0 Å². The molecule has 1 aromatic rings. The van der Waals surface area contributed by atoms with E-state index in [1.807, 2.05) is 0 Å². The zero-order chi connectivity index (χ0) is 12.3. The fraction of sp³-hybridized carbons (Fsp3) is 0.538. The Hall–Kier alpha value is -0.770. The number of aromatic hydroxyl groups is 1. The van der Waals surface area contributed by atoms with Crippen molar-refractivity contribution in [2.24, 2.45) is 0 Å². The van der Waals surface area contributed by atoms with Crippen LogP contribution in [-0.4, -0.2) is 23.9 Å². The highest BCUT2D eigenvalue weighted by atomic mass is 35.5. The molecule has 0 aliphatic carbocycles. The van der Waals surface area contributed by atoms with Gasteiger partial charge in [-0.3, -0.25) is 0 Å². The molecule has 1 atom stereocenters. The van der Waals surface area contributed by atoms with E-state index in [-0.39, 0.29) is 11.3 Å². The highest BCUT2D eigenvalue weighted by Gasteiger charge is 2.27. The highest BCUT2D eigenvalue weighted by Crippen LogP contribution is 2.26. The van der Waals surface area contributed by atoms with Crippen LogP contribution in [0.15, 0.2) is 18.2 Å². The summed E-state index contributed by atoms with van der Waals surface area (Å²) in [5.41, 5.74) is 0.727. The Bertz CT molecular complexity index is 369. The SMILES string of the molecule is CC1(NCc2c(O)cccc2Cl)CCCOC1. The van der Waals surface area contributed by atoms with E-state index in [1.54, 1.807) is 18.2 Å². The molecule has 0 bridgehead atoms. The Balaban J connectivity index is 2.02. The normalized spacial score (nSPS) is 24.8. The molecule has 1 saturated heterocycles. The third kappa shape index (κ3) is 3.12. The molecule has 1 unspecified atom stereocenters. The predicted octanol–water partition coefficient (Wildman–Crippen LogP) is 2.70. The van der Waals surface area contributed by atoms with Crippen LogP contribution in [0.1, 0.15) is 25.3 Å². The molecule has 17 heavy (non-hydrogen) atoms. The molecular weight excluding hydrogens is 238 g/mol. The van der Waals surface area contributed by atoms with Gasteiger partial charge in [0.15, 0.2) is 0 Å². The molecule has 2 rings (SSSR count). The summed E-state index contributed by atoms with van der Waals surface area (Å²) in [4.78, 5) is 0. The van der Waals surface area contributed by atoms with E-state index in [1.165, 1.54) is 0 Å². The molecule has 1 fully saturated rings. The first-order valence-electron chi connectivity index (χ1n) is 5.90. The smallest absolute Gasteiger partial charge is 0.121 e. The molecule has 1 heterocycles. The van der Waals surface area contributed by atoms with E-state index in [0.717, 1.165) is 25.0 Å². The van der Waals surface area contributed by atoms with Gasteiger partial charge in [0.25, 0.3) is 0 Å². The molecule has 0 aromatic heterocycles. The van der Waals surface area contributed by atoms with Crippen molar-refractivity contribution in [2.75, 3.05) is 13.2 Å². The van der Waals surface area contributed by atoms with Gasteiger partial charge in [-0.15, -0.1) is 0 Å². The van der Waals surface area contributed by atoms with Gasteiger partial charge in [-0.2, -0.15) is 0 Å². The number of phenols is 1. The van der Waals surface area contributed by atoms with Gasteiger partial charge in [0, 0.05) is 29.3 Å². The Morgan fingerprint density at radius 2 is 2.35 bits per heavy atom. The van der Waals surface area contributed by atoms with Crippen LogP contribution in [0.4, 0.5) is 0 Å². The second kappa shape index (κ2) is 5.25. The van der Waals surface area contributed by atoms with Gasteiger partial charge >= 0.3 is 0 Å². The number of phenolic OH excluding ortho intramolecular Hbond substituents is 1. The Morgan fingerprint density at radius 3 is 3.00 bits per heavy atom. The highest BCUT2D eigenvalue weighted by molar-refractivity contribution is 6.31. The summed E-state index contributed by atoms with van der Waals surface area (Å²) < 4.78 is 5.48. The Kier molecular flexibility index (Phi) is 3.92. The fourth-order valence-corrected chi connectivity index (χ4v) is 2.33. The van der Waals surface area contributed by atoms with Crippen molar-refractivity contribution in [1.82, 2.24) is 5.32 Å². The van der Waals surface area contributed by atoms with Crippen LogP contribution < -0.4 is 5.32 Å². The van der Waals surface area contributed by atoms with Crippen molar-refractivity contribution >= 4 is 11.6 Å². The number of nitrogens with one attached hydrogen (secondary N) is 1. The Morgan fingerprint density at radius 1 is 1.53 bits per heavy atom. The van der Waals surface area contributed by atoms with Gasteiger partial charge in [-0.05, 0) is 31.9 Å². The summed E-state index contributed by atoms with van der Waals surface area (Å²) in [5.74, 6) is 0.241. The number of halogens is 1. The quantitative estimate of drug-likeness (QED) is 0.873. The van der Waals surface area contributed by atoms with Crippen LogP contribution in [0.5, 0.6) is 5.75 Å². The second-order valence-corrected chi connectivity index (χ2v) is 5.22. The molecule has 0 amide bonds. The van der Waals surface area contributed by atoms with Gasteiger partial charge < -0.3 is 15.2 Å². The number of ether oxygens (including phenoxy) is 1. The van der Waals surface area contributed by atoms with E-state index in [4.69, 9.17) is 16.3 Å². The molecule has 1 aliphatic rings. The van der Waals surface area contributed by atoms with Crippen LogP contribution in [0.25, 0.3) is 0 Å². The van der Waals surface area contributed by atoms with E-state index in [9.17, 15) is 5.11 Å². The molecular formula is C13H18ClNO2. The lowest BCUT2D eigenvalue weighted by Crippen LogP contribution is -2.48. The fourth-order valence-electron chi connectivity index (χ4n) is 2.10. The number of rotatable bonds is 3. The topological polar surface area (TPSA) is 41.5 Å². The third-order valence-electron chi connectivity index (χ3n) is 3.22. The van der Waals surface area contributed by atoms with Crippen LogP contribution in [0.2, 0.25) is 5.02 Å². The summed E-state index contributed by atoms with van der Waals surface area (Å²) in [6.45, 7) is 4.25. The molecule has 1 aliphatic heterocycles. The molecule has 94 valence electrons. The second-order valence-electron chi connectivity index (χ2n) is 4.81. The first-order valence-corrected chi connectivity index (χ1v) is 6.28. The average Bonchev–Trinajstić information content (AvgIpc) is 2.29. The summed E-state index contributed by atoms with van der Waals surface area (Å²) in [6.07, 6.45) is 2.15.